The minimum atomic E-state index is -1.29. The van der Waals surface area contributed by atoms with Crippen LogP contribution in [0.15, 0.2) is 64.4 Å². The van der Waals surface area contributed by atoms with Gasteiger partial charge in [-0.25, -0.2) is 9.48 Å². The van der Waals surface area contributed by atoms with E-state index in [1.807, 2.05) is 6.07 Å². The Hall–Kier alpha value is -3.13. The van der Waals surface area contributed by atoms with E-state index in [2.05, 4.69) is 10.4 Å². The van der Waals surface area contributed by atoms with Crippen molar-refractivity contribution in [3.63, 3.8) is 0 Å². The highest BCUT2D eigenvalue weighted by Gasteiger charge is 2.20. The lowest BCUT2D eigenvalue weighted by molar-refractivity contribution is -0.132. The van der Waals surface area contributed by atoms with E-state index in [-0.39, 0.29) is 5.57 Å². The van der Waals surface area contributed by atoms with E-state index < -0.39 is 11.8 Å². The number of anilines is 1. The third-order valence-corrected chi connectivity index (χ3v) is 4.06. The number of nitrogens with one attached hydrogen (secondary N) is 1. The maximum atomic E-state index is 12.2. The molecule has 8 heteroatoms. The number of nitrogens with zero attached hydrogens (tertiary/aromatic N) is 2. The molecule has 0 saturated carbocycles. The Morgan fingerprint density at radius 1 is 1.33 bits per heavy atom. The Morgan fingerprint density at radius 3 is 2.88 bits per heavy atom. The lowest BCUT2D eigenvalue weighted by Crippen LogP contribution is -2.14. The fourth-order valence-electron chi connectivity index (χ4n) is 2.04. The first-order valence-corrected chi connectivity index (χ1v) is 7.85. The number of thiophene rings is 1. The fraction of sp³-hybridized carbons (Fsp3) is 0.0625. The Bertz CT molecular complexity index is 863. The first-order valence-electron chi connectivity index (χ1n) is 6.97. The summed E-state index contributed by atoms with van der Waals surface area (Å²) in [6.45, 7) is 0.386. The molecule has 122 valence electrons. The minimum Gasteiger partial charge on any atom is -0.477 e. The molecule has 2 N–H and O–H groups in total. The lowest BCUT2D eigenvalue weighted by Gasteiger charge is -2.06. The van der Waals surface area contributed by atoms with Crippen molar-refractivity contribution in [1.29, 1.82) is 0 Å². The Balaban J connectivity index is 1.79. The van der Waals surface area contributed by atoms with Crippen molar-refractivity contribution >= 4 is 28.9 Å². The number of carbonyl (C=O) groups is 2. The number of hydrogen-bond acceptors (Lipinski definition) is 6. The van der Waals surface area contributed by atoms with Crippen molar-refractivity contribution in [2.75, 3.05) is 5.32 Å². The van der Waals surface area contributed by atoms with E-state index >= 15 is 0 Å². The molecule has 3 heterocycles. The number of Topliss-reactive ketones (excluding diaryl/α,β-unsaturated/α-hetero) is 1. The largest absolute Gasteiger partial charge is 0.477 e. The summed E-state index contributed by atoms with van der Waals surface area (Å²) in [5.74, 6) is -0.580. The second-order valence-electron chi connectivity index (χ2n) is 4.77. The molecule has 7 nitrogen and oxygen atoms in total. The Labute approximate surface area is 140 Å². The molecule has 0 aliphatic carbocycles. The smallest absolute Gasteiger partial charge is 0.341 e. The number of carboxylic acids is 1. The zero-order chi connectivity index (χ0) is 16.9. The van der Waals surface area contributed by atoms with E-state index in [0.29, 0.717) is 23.0 Å². The van der Waals surface area contributed by atoms with Crippen molar-refractivity contribution in [3.05, 3.63) is 70.6 Å². The maximum Gasteiger partial charge on any atom is 0.341 e. The molecule has 0 aliphatic rings. The molecule has 0 atom stereocenters. The van der Waals surface area contributed by atoms with Crippen LogP contribution in [-0.2, 0) is 11.3 Å². The number of carboxylic acid groups (broad SMARTS) is 1. The van der Waals surface area contributed by atoms with Crippen LogP contribution in [0.2, 0.25) is 0 Å². The summed E-state index contributed by atoms with van der Waals surface area (Å²) >= 11 is 1.19. The molecule has 0 aromatic carbocycles. The van der Waals surface area contributed by atoms with Crippen LogP contribution in [0, 0.1) is 0 Å². The van der Waals surface area contributed by atoms with Gasteiger partial charge in [0, 0.05) is 12.3 Å². The van der Waals surface area contributed by atoms with Crippen molar-refractivity contribution in [3.8, 4) is 0 Å². The minimum absolute atomic E-state index is 0.344. The van der Waals surface area contributed by atoms with Gasteiger partial charge in [-0.3, -0.25) is 4.79 Å². The van der Waals surface area contributed by atoms with Gasteiger partial charge in [0.05, 0.1) is 17.3 Å². The number of aliphatic carboxylic acids is 1. The molecular weight excluding hydrogens is 330 g/mol. The number of ketones is 1. The summed E-state index contributed by atoms with van der Waals surface area (Å²) in [6.07, 6.45) is 4.31. The van der Waals surface area contributed by atoms with Crippen LogP contribution in [0.4, 0.5) is 5.82 Å². The molecule has 0 bridgehead atoms. The van der Waals surface area contributed by atoms with Crippen LogP contribution < -0.4 is 5.32 Å². The van der Waals surface area contributed by atoms with Crippen LogP contribution in [0.3, 0.4) is 0 Å². The zero-order valence-corrected chi connectivity index (χ0v) is 13.2. The van der Waals surface area contributed by atoms with E-state index in [1.54, 1.807) is 46.8 Å². The molecule has 3 aromatic heterocycles. The van der Waals surface area contributed by atoms with E-state index in [1.165, 1.54) is 17.5 Å². The molecule has 0 aliphatic heterocycles. The lowest BCUT2D eigenvalue weighted by atomic mass is 10.1. The summed E-state index contributed by atoms with van der Waals surface area (Å²) in [6, 6.07) is 8.54. The van der Waals surface area contributed by atoms with Crippen molar-refractivity contribution in [1.82, 2.24) is 9.78 Å². The third-order valence-electron chi connectivity index (χ3n) is 3.19. The predicted molar refractivity (Wildman–Crippen MR) is 88.0 cm³/mol. The van der Waals surface area contributed by atoms with Gasteiger partial charge in [-0.2, -0.15) is 5.10 Å². The first-order chi connectivity index (χ1) is 11.6. The maximum absolute atomic E-state index is 12.2. The summed E-state index contributed by atoms with van der Waals surface area (Å²) in [5.41, 5.74) is -0.344. The number of aromatic nitrogens is 2. The molecule has 3 rings (SSSR count). The van der Waals surface area contributed by atoms with Gasteiger partial charge in [-0.1, -0.05) is 6.07 Å². The highest BCUT2D eigenvalue weighted by atomic mass is 32.1. The van der Waals surface area contributed by atoms with Crippen molar-refractivity contribution in [2.45, 2.75) is 6.54 Å². The van der Waals surface area contributed by atoms with Gasteiger partial charge < -0.3 is 14.8 Å². The van der Waals surface area contributed by atoms with E-state index in [0.717, 1.165) is 0 Å². The summed E-state index contributed by atoms with van der Waals surface area (Å²) in [4.78, 5) is 24.0. The van der Waals surface area contributed by atoms with Crippen LogP contribution in [0.25, 0.3) is 0 Å². The molecular formula is C16H13N3O4S. The van der Waals surface area contributed by atoms with Crippen LogP contribution in [0.1, 0.15) is 15.4 Å². The topological polar surface area (TPSA) is 97.4 Å². The standard InChI is InChI=1S/C16H13N3O4S/c20-15(13-4-2-8-24-13)12(16(21)22)9-17-14-5-6-18-19(14)10-11-3-1-7-23-11/h1-9,17H,10H2,(H,21,22)/b12-9+. The van der Waals surface area contributed by atoms with Crippen LogP contribution >= 0.6 is 11.3 Å². The zero-order valence-electron chi connectivity index (χ0n) is 12.4. The van der Waals surface area contributed by atoms with Gasteiger partial charge in [-0.15, -0.1) is 11.3 Å². The van der Waals surface area contributed by atoms with Gasteiger partial charge in [-0.05, 0) is 23.6 Å². The molecule has 0 radical (unpaired) electrons. The third kappa shape index (κ3) is 3.44. The molecule has 0 unspecified atom stereocenters. The molecule has 0 spiro atoms. The molecule has 0 fully saturated rings. The number of furan rings is 1. The second kappa shape index (κ2) is 6.97. The van der Waals surface area contributed by atoms with E-state index in [4.69, 9.17) is 4.42 Å². The average Bonchev–Trinajstić information content (AvgIpc) is 3.30. The summed E-state index contributed by atoms with van der Waals surface area (Å²) in [5, 5.41) is 18.0. The highest BCUT2D eigenvalue weighted by Crippen LogP contribution is 2.16. The summed E-state index contributed by atoms with van der Waals surface area (Å²) in [7, 11) is 0. The monoisotopic (exact) mass is 343 g/mol. The number of rotatable bonds is 7. The highest BCUT2D eigenvalue weighted by molar-refractivity contribution is 7.12. The van der Waals surface area contributed by atoms with Crippen LogP contribution in [0.5, 0.6) is 0 Å². The van der Waals surface area contributed by atoms with Gasteiger partial charge >= 0.3 is 5.97 Å². The first kappa shape index (κ1) is 15.8. The van der Waals surface area contributed by atoms with Gasteiger partial charge in [0.2, 0.25) is 5.78 Å². The quantitative estimate of drug-likeness (QED) is 0.296. The average molecular weight is 343 g/mol. The normalized spacial score (nSPS) is 11.4. The van der Waals surface area contributed by atoms with Crippen molar-refractivity contribution in [2.24, 2.45) is 0 Å². The molecule has 3 aromatic rings. The van der Waals surface area contributed by atoms with Gasteiger partial charge in [0.1, 0.15) is 23.7 Å². The van der Waals surface area contributed by atoms with E-state index in [9.17, 15) is 14.7 Å². The molecule has 0 saturated heterocycles. The fourth-order valence-corrected chi connectivity index (χ4v) is 2.72. The molecule has 24 heavy (non-hydrogen) atoms. The molecule has 0 amide bonds. The number of carbonyl (C=O) groups excluding carboxylic acids is 1. The Morgan fingerprint density at radius 2 is 2.21 bits per heavy atom. The second-order valence-corrected chi connectivity index (χ2v) is 5.72. The Kier molecular flexibility index (Phi) is 4.57. The van der Waals surface area contributed by atoms with Crippen molar-refractivity contribution < 1.29 is 19.1 Å². The van der Waals surface area contributed by atoms with Gasteiger partial charge in [0.15, 0.2) is 0 Å². The summed E-state index contributed by atoms with van der Waals surface area (Å²) < 4.78 is 6.86. The van der Waals surface area contributed by atoms with Crippen LogP contribution in [-0.4, -0.2) is 26.6 Å². The van der Waals surface area contributed by atoms with Gasteiger partial charge in [0.25, 0.3) is 0 Å². The predicted octanol–water partition coefficient (Wildman–Crippen LogP) is 2.85. The SMILES string of the molecule is O=C(O)/C(=C/Nc1ccnn1Cc1ccco1)C(=O)c1cccs1. The number of hydrogen-bond donors (Lipinski definition) is 2.